The van der Waals surface area contributed by atoms with E-state index in [0.29, 0.717) is 5.02 Å². The molecule has 0 aliphatic carbocycles. The van der Waals surface area contributed by atoms with Crippen molar-refractivity contribution in [2.75, 3.05) is 0 Å². The summed E-state index contributed by atoms with van der Waals surface area (Å²) in [5.41, 5.74) is 1.75. The first kappa shape index (κ1) is 9.28. The topological polar surface area (TPSA) is 26.0 Å². The zero-order valence-corrected chi connectivity index (χ0v) is 8.80. The average Bonchev–Trinajstić information content (AvgIpc) is 2.46. The van der Waals surface area contributed by atoms with Gasteiger partial charge in [-0.1, -0.05) is 11.6 Å². The average molecular weight is 208 g/mol. The second kappa shape index (κ2) is 3.46. The molecule has 0 bridgehead atoms. The number of aromatic nitrogens is 1. The molecule has 2 rings (SSSR count). The molecule has 0 saturated carbocycles. The van der Waals surface area contributed by atoms with Crippen LogP contribution in [0.3, 0.4) is 0 Å². The molecule has 72 valence electrons. The molecule has 2 nitrogen and oxygen atoms in total. The second-order valence-electron chi connectivity index (χ2n) is 3.16. The van der Waals surface area contributed by atoms with Gasteiger partial charge in [0.2, 0.25) is 0 Å². The second-order valence-corrected chi connectivity index (χ2v) is 3.57. The molecule has 3 heteroatoms. The van der Waals surface area contributed by atoms with Crippen molar-refractivity contribution in [3.05, 3.63) is 40.9 Å². The minimum Gasteiger partial charge on any atom is -0.466 e. The summed E-state index contributed by atoms with van der Waals surface area (Å²) in [6.07, 6.45) is 1.73. The Morgan fingerprint density at radius 2 is 2.14 bits per heavy atom. The van der Waals surface area contributed by atoms with Gasteiger partial charge in [0, 0.05) is 11.8 Å². The maximum atomic E-state index is 6.04. The molecule has 0 amide bonds. The van der Waals surface area contributed by atoms with E-state index in [9.17, 15) is 0 Å². The predicted octanol–water partition coefficient (Wildman–Crippen LogP) is 3.61. The molecule has 0 fully saturated rings. The van der Waals surface area contributed by atoms with Gasteiger partial charge in [0.1, 0.15) is 11.5 Å². The van der Waals surface area contributed by atoms with Crippen molar-refractivity contribution < 1.29 is 4.42 Å². The quantitative estimate of drug-likeness (QED) is 0.714. The normalized spacial score (nSPS) is 10.5. The van der Waals surface area contributed by atoms with E-state index < -0.39 is 0 Å². The van der Waals surface area contributed by atoms with Gasteiger partial charge in [0.15, 0.2) is 0 Å². The van der Waals surface area contributed by atoms with E-state index >= 15 is 0 Å². The molecule has 0 N–H and O–H groups in total. The number of aryl methyl sites for hydroxylation is 2. The summed E-state index contributed by atoms with van der Waals surface area (Å²) in [4.78, 5) is 4.23. The number of nitrogens with zero attached hydrogens (tertiary/aromatic N) is 1. The third-order valence-electron chi connectivity index (χ3n) is 2.05. The van der Waals surface area contributed by atoms with E-state index in [4.69, 9.17) is 16.0 Å². The third kappa shape index (κ3) is 1.53. The maximum Gasteiger partial charge on any atom is 0.110 e. The fraction of sp³-hybridized carbons (Fsp3) is 0.182. The van der Waals surface area contributed by atoms with Gasteiger partial charge in [-0.15, -0.1) is 0 Å². The molecule has 0 radical (unpaired) electrons. The smallest absolute Gasteiger partial charge is 0.110 e. The van der Waals surface area contributed by atoms with Crippen molar-refractivity contribution in [1.29, 1.82) is 0 Å². The molecule has 0 unspecified atom stereocenters. The van der Waals surface area contributed by atoms with Gasteiger partial charge >= 0.3 is 0 Å². The Morgan fingerprint density at radius 1 is 1.36 bits per heavy atom. The monoisotopic (exact) mass is 207 g/mol. The van der Waals surface area contributed by atoms with Crippen LogP contribution in [0.4, 0.5) is 0 Å². The zero-order chi connectivity index (χ0) is 10.1. The molecular weight excluding hydrogens is 198 g/mol. The number of hydrogen-bond donors (Lipinski definition) is 0. The number of halogens is 1. The van der Waals surface area contributed by atoms with E-state index in [1.165, 1.54) is 0 Å². The molecule has 0 aromatic carbocycles. The van der Waals surface area contributed by atoms with Crippen LogP contribution in [0.5, 0.6) is 0 Å². The summed E-state index contributed by atoms with van der Waals surface area (Å²) >= 11 is 6.04. The summed E-state index contributed by atoms with van der Waals surface area (Å²) in [5.74, 6) is 1.72. The van der Waals surface area contributed by atoms with Crippen molar-refractivity contribution in [1.82, 2.24) is 4.98 Å². The lowest BCUT2D eigenvalue weighted by atomic mass is 10.1. The Labute approximate surface area is 87.5 Å². The van der Waals surface area contributed by atoms with E-state index in [1.54, 1.807) is 6.20 Å². The fourth-order valence-corrected chi connectivity index (χ4v) is 1.67. The SMILES string of the molecule is Cc1cc(-c2ncccc2Cl)c(C)o1. The number of rotatable bonds is 1. The van der Waals surface area contributed by atoms with Gasteiger partial charge in [-0.2, -0.15) is 0 Å². The molecule has 14 heavy (non-hydrogen) atoms. The summed E-state index contributed by atoms with van der Waals surface area (Å²) in [5, 5.41) is 0.649. The Balaban J connectivity index is 2.60. The van der Waals surface area contributed by atoms with Crippen molar-refractivity contribution in [3.63, 3.8) is 0 Å². The van der Waals surface area contributed by atoms with Gasteiger partial charge in [-0.25, -0.2) is 0 Å². The summed E-state index contributed by atoms with van der Waals surface area (Å²) in [6.45, 7) is 3.82. The van der Waals surface area contributed by atoms with E-state index in [1.807, 2.05) is 32.0 Å². The van der Waals surface area contributed by atoms with Crippen LogP contribution >= 0.6 is 11.6 Å². The first-order chi connectivity index (χ1) is 6.68. The minimum atomic E-state index is 0.649. The van der Waals surface area contributed by atoms with Crippen molar-refractivity contribution in [2.45, 2.75) is 13.8 Å². The highest BCUT2D eigenvalue weighted by Gasteiger charge is 2.10. The molecule has 0 saturated heterocycles. The highest BCUT2D eigenvalue weighted by Crippen LogP contribution is 2.29. The van der Waals surface area contributed by atoms with Crippen molar-refractivity contribution in [3.8, 4) is 11.3 Å². The van der Waals surface area contributed by atoms with Crippen LogP contribution in [-0.4, -0.2) is 4.98 Å². The number of pyridine rings is 1. The van der Waals surface area contributed by atoms with Crippen LogP contribution < -0.4 is 0 Å². The lowest BCUT2D eigenvalue weighted by Crippen LogP contribution is -1.83. The van der Waals surface area contributed by atoms with E-state index in [0.717, 1.165) is 22.8 Å². The summed E-state index contributed by atoms with van der Waals surface area (Å²) in [6, 6.07) is 5.59. The van der Waals surface area contributed by atoms with Crippen LogP contribution in [0.2, 0.25) is 5.02 Å². The fourth-order valence-electron chi connectivity index (χ4n) is 1.45. The van der Waals surface area contributed by atoms with Gasteiger partial charge in [-0.05, 0) is 32.0 Å². The van der Waals surface area contributed by atoms with Crippen molar-refractivity contribution >= 4 is 11.6 Å². The number of hydrogen-bond acceptors (Lipinski definition) is 2. The minimum absolute atomic E-state index is 0.649. The van der Waals surface area contributed by atoms with Crippen LogP contribution in [0.25, 0.3) is 11.3 Å². The highest BCUT2D eigenvalue weighted by molar-refractivity contribution is 6.33. The lowest BCUT2D eigenvalue weighted by Gasteiger charge is -1.99. The summed E-state index contributed by atoms with van der Waals surface area (Å²) < 4.78 is 5.43. The van der Waals surface area contributed by atoms with Gasteiger partial charge < -0.3 is 4.42 Å². The van der Waals surface area contributed by atoms with Crippen LogP contribution in [0, 0.1) is 13.8 Å². The zero-order valence-electron chi connectivity index (χ0n) is 8.04. The van der Waals surface area contributed by atoms with E-state index in [2.05, 4.69) is 4.98 Å². The maximum absolute atomic E-state index is 6.04. The first-order valence-electron chi connectivity index (χ1n) is 4.36. The Kier molecular flexibility index (Phi) is 2.30. The van der Waals surface area contributed by atoms with Crippen LogP contribution in [0.15, 0.2) is 28.8 Å². The largest absolute Gasteiger partial charge is 0.466 e. The molecule has 2 heterocycles. The van der Waals surface area contributed by atoms with Crippen LogP contribution in [-0.2, 0) is 0 Å². The third-order valence-corrected chi connectivity index (χ3v) is 2.36. The molecule has 2 aromatic rings. The standard InChI is InChI=1S/C11H10ClNO/c1-7-6-9(8(2)14-7)11-10(12)4-3-5-13-11/h3-6H,1-2H3. The lowest BCUT2D eigenvalue weighted by molar-refractivity contribution is 0.505. The van der Waals surface area contributed by atoms with Gasteiger partial charge in [0.05, 0.1) is 10.7 Å². The molecule has 0 atom stereocenters. The first-order valence-corrected chi connectivity index (χ1v) is 4.74. The molecular formula is C11H10ClNO. The van der Waals surface area contributed by atoms with Gasteiger partial charge in [-0.3, -0.25) is 4.98 Å². The molecule has 0 spiro atoms. The van der Waals surface area contributed by atoms with Crippen LogP contribution in [0.1, 0.15) is 11.5 Å². The summed E-state index contributed by atoms with van der Waals surface area (Å²) in [7, 11) is 0. The Hall–Kier alpha value is -1.28. The predicted molar refractivity (Wildman–Crippen MR) is 56.4 cm³/mol. The van der Waals surface area contributed by atoms with Crippen molar-refractivity contribution in [2.24, 2.45) is 0 Å². The Morgan fingerprint density at radius 3 is 2.71 bits per heavy atom. The molecule has 0 aliphatic rings. The van der Waals surface area contributed by atoms with E-state index in [-0.39, 0.29) is 0 Å². The number of furan rings is 1. The highest BCUT2D eigenvalue weighted by atomic mass is 35.5. The Bertz CT molecular complexity index is 462. The molecule has 0 aliphatic heterocycles. The molecule has 2 aromatic heterocycles. The van der Waals surface area contributed by atoms with Gasteiger partial charge in [0.25, 0.3) is 0 Å².